The number of benzene rings is 2. The van der Waals surface area contributed by atoms with Crippen LogP contribution in [0.15, 0.2) is 54.2 Å². The molecule has 0 saturated carbocycles. The third kappa shape index (κ3) is 3.95. The van der Waals surface area contributed by atoms with Gasteiger partial charge in [0.05, 0.1) is 12.7 Å². The number of aryl methyl sites for hydroxylation is 1. The zero-order valence-corrected chi connectivity index (χ0v) is 18.1. The van der Waals surface area contributed by atoms with E-state index in [4.69, 9.17) is 9.47 Å². The molecule has 0 N–H and O–H groups in total. The molecule has 0 saturated heterocycles. The minimum absolute atomic E-state index is 0.251. The van der Waals surface area contributed by atoms with Gasteiger partial charge in [0.15, 0.2) is 0 Å². The molecule has 0 unspecified atom stereocenters. The molecule has 0 spiro atoms. The summed E-state index contributed by atoms with van der Waals surface area (Å²) in [6, 6.07) is 15.5. The van der Waals surface area contributed by atoms with Crippen molar-refractivity contribution in [3.63, 3.8) is 0 Å². The maximum absolute atomic E-state index is 13.6. The molecule has 4 rings (SSSR count). The first-order valence-electron chi connectivity index (χ1n) is 10.8. The van der Waals surface area contributed by atoms with Crippen LogP contribution in [0, 0.1) is 0 Å². The number of imide groups is 1. The van der Waals surface area contributed by atoms with Crippen molar-refractivity contribution in [2.24, 2.45) is 0 Å². The quantitative estimate of drug-likeness (QED) is 0.482. The molecule has 0 aromatic heterocycles. The molecular formula is C25H28N2O4. The van der Waals surface area contributed by atoms with Gasteiger partial charge >= 0.3 is 0 Å². The van der Waals surface area contributed by atoms with Gasteiger partial charge in [0, 0.05) is 37.6 Å². The van der Waals surface area contributed by atoms with Gasteiger partial charge in [-0.2, -0.15) is 0 Å². The lowest BCUT2D eigenvalue weighted by Crippen LogP contribution is -2.37. The Kier molecular flexibility index (Phi) is 6.37. The predicted molar refractivity (Wildman–Crippen MR) is 120 cm³/mol. The Labute approximate surface area is 183 Å². The first kappa shape index (κ1) is 21.1. The van der Waals surface area contributed by atoms with Crippen LogP contribution in [0.25, 0.3) is 5.57 Å². The fraction of sp³-hybridized carbons (Fsp3) is 0.360. The van der Waals surface area contributed by atoms with Gasteiger partial charge < -0.3 is 14.4 Å². The predicted octanol–water partition coefficient (Wildman–Crippen LogP) is 3.65. The lowest BCUT2D eigenvalue weighted by atomic mass is 9.98. The SMILES string of the molecule is CCOCCCN1C(=O)C(c2ccccc2OC)=C(N2CCCc3ccccc32)C1=O. The van der Waals surface area contributed by atoms with Crippen molar-refractivity contribution in [2.75, 3.05) is 38.3 Å². The molecule has 0 radical (unpaired) electrons. The van der Waals surface area contributed by atoms with Crippen molar-refractivity contribution < 1.29 is 19.1 Å². The second-order valence-electron chi connectivity index (χ2n) is 7.62. The molecule has 2 amide bonds. The third-order valence-electron chi connectivity index (χ3n) is 5.77. The molecule has 6 heteroatoms. The number of anilines is 1. The third-order valence-corrected chi connectivity index (χ3v) is 5.77. The average Bonchev–Trinajstić information content (AvgIpc) is 3.05. The molecule has 2 aliphatic heterocycles. The molecule has 0 atom stereocenters. The number of carbonyl (C=O) groups excluding carboxylic acids is 2. The van der Waals surface area contributed by atoms with E-state index in [1.165, 1.54) is 10.5 Å². The maximum Gasteiger partial charge on any atom is 0.278 e. The number of rotatable bonds is 8. The van der Waals surface area contributed by atoms with Gasteiger partial charge in [-0.3, -0.25) is 14.5 Å². The monoisotopic (exact) mass is 420 g/mol. The zero-order chi connectivity index (χ0) is 21.8. The number of ether oxygens (including phenoxy) is 2. The average molecular weight is 421 g/mol. The van der Waals surface area contributed by atoms with Crippen LogP contribution >= 0.6 is 0 Å². The number of methoxy groups -OCH3 is 1. The Balaban J connectivity index is 1.80. The van der Waals surface area contributed by atoms with Crippen LogP contribution in [-0.4, -0.2) is 50.1 Å². The Morgan fingerprint density at radius 3 is 2.58 bits per heavy atom. The van der Waals surface area contributed by atoms with Gasteiger partial charge in [-0.25, -0.2) is 0 Å². The molecule has 0 fully saturated rings. The van der Waals surface area contributed by atoms with E-state index in [0.29, 0.717) is 55.3 Å². The van der Waals surface area contributed by atoms with Gasteiger partial charge in [0.2, 0.25) is 0 Å². The van der Waals surface area contributed by atoms with Crippen LogP contribution in [0.3, 0.4) is 0 Å². The van der Waals surface area contributed by atoms with Crippen LogP contribution in [0.2, 0.25) is 0 Å². The Morgan fingerprint density at radius 1 is 1.00 bits per heavy atom. The second kappa shape index (κ2) is 9.35. The highest BCUT2D eigenvalue weighted by molar-refractivity contribution is 6.37. The van der Waals surface area contributed by atoms with E-state index in [1.54, 1.807) is 7.11 Å². The second-order valence-corrected chi connectivity index (χ2v) is 7.62. The highest BCUT2D eigenvalue weighted by Crippen LogP contribution is 2.40. The van der Waals surface area contributed by atoms with Crippen molar-refractivity contribution in [1.82, 2.24) is 4.90 Å². The topological polar surface area (TPSA) is 59.1 Å². The fourth-order valence-electron chi connectivity index (χ4n) is 4.35. The molecule has 0 aliphatic carbocycles. The number of para-hydroxylation sites is 2. The van der Waals surface area contributed by atoms with Crippen LogP contribution in [0.4, 0.5) is 5.69 Å². The lowest BCUT2D eigenvalue weighted by molar-refractivity contribution is -0.137. The molecule has 0 bridgehead atoms. The largest absolute Gasteiger partial charge is 0.496 e. The number of hydrogen-bond donors (Lipinski definition) is 0. The molecular weight excluding hydrogens is 392 g/mol. The summed E-state index contributed by atoms with van der Waals surface area (Å²) >= 11 is 0. The zero-order valence-electron chi connectivity index (χ0n) is 18.1. The summed E-state index contributed by atoms with van der Waals surface area (Å²) in [7, 11) is 1.58. The van der Waals surface area contributed by atoms with Crippen LogP contribution in [0.1, 0.15) is 30.9 Å². The summed E-state index contributed by atoms with van der Waals surface area (Å²) < 4.78 is 10.9. The van der Waals surface area contributed by atoms with Gasteiger partial charge in [-0.15, -0.1) is 0 Å². The molecule has 6 nitrogen and oxygen atoms in total. The molecule has 31 heavy (non-hydrogen) atoms. The normalized spacial score (nSPS) is 16.2. The standard InChI is InChI=1S/C25H28N2O4/c1-3-31-17-9-16-27-24(28)22(19-12-5-7-14-21(19)30-2)23(25(27)29)26-15-8-11-18-10-4-6-13-20(18)26/h4-7,10,12-14H,3,8-9,11,15-17H2,1-2H3. The molecule has 2 aromatic carbocycles. The van der Waals surface area contributed by atoms with Crippen molar-refractivity contribution >= 4 is 23.1 Å². The molecule has 2 aliphatic rings. The lowest BCUT2D eigenvalue weighted by Gasteiger charge is -2.32. The van der Waals surface area contributed by atoms with E-state index in [0.717, 1.165) is 18.5 Å². The fourth-order valence-corrected chi connectivity index (χ4v) is 4.35. The summed E-state index contributed by atoms with van der Waals surface area (Å²) in [6.07, 6.45) is 2.49. The van der Waals surface area contributed by atoms with Gasteiger partial charge in [0.25, 0.3) is 11.8 Å². The van der Waals surface area contributed by atoms with Crippen molar-refractivity contribution in [2.45, 2.75) is 26.2 Å². The highest BCUT2D eigenvalue weighted by atomic mass is 16.5. The summed E-state index contributed by atoms with van der Waals surface area (Å²) in [6.45, 7) is 4.08. The van der Waals surface area contributed by atoms with Gasteiger partial charge in [-0.1, -0.05) is 36.4 Å². The first-order valence-corrected chi connectivity index (χ1v) is 10.8. The maximum atomic E-state index is 13.6. The minimum atomic E-state index is -0.274. The molecule has 2 aromatic rings. The van der Waals surface area contributed by atoms with Gasteiger partial charge in [-0.05, 0) is 43.9 Å². The first-order chi connectivity index (χ1) is 15.2. The summed E-state index contributed by atoms with van der Waals surface area (Å²) in [5.41, 5.74) is 3.69. The van der Waals surface area contributed by atoms with Crippen molar-refractivity contribution in [1.29, 1.82) is 0 Å². The number of amides is 2. The molecule has 162 valence electrons. The Bertz CT molecular complexity index is 1010. The molecule has 2 heterocycles. The highest BCUT2D eigenvalue weighted by Gasteiger charge is 2.43. The van der Waals surface area contributed by atoms with Crippen LogP contribution < -0.4 is 9.64 Å². The number of fused-ring (bicyclic) bond motifs is 1. The smallest absolute Gasteiger partial charge is 0.278 e. The number of carbonyl (C=O) groups is 2. The Hall–Kier alpha value is -3.12. The van der Waals surface area contributed by atoms with E-state index >= 15 is 0 Å². The van der Waals surface area contributed by atoms with Crippen LogP contribution in [-0.2, 0) is 20.7 Å². The number of hydrogen-bond acceptors (Lipinski definition) is 5. The van der Waals surface area contributed by atoms with E-state index in [2.05, 4.69) is 6.07 Å². The minimum Gasteiger partial charge on any atom is -0.496 e. The summed E-state index contributed by atoms with van der Waals surface area (Å²) in [4.78, 5) is 30.5. The number of nitrogens with zero attached hydrogens (tertiary/aromatic N) is 2. The van der Waals surface area contributed by atoms with E-state index < -0.39 is 0 Å². The van der Waals surface area contributed by atoms with Crippen molar-refractivity contribution in [3.05, 3.63) is 65.4 Å². The Morgan fingerprint density at radius 2 is 1.77 bits per heavy atom. The van der Waals surface area contributed by atoms with Crippen LogP contribution in [0.5, 0.6) is 5.75 Å². The summed E-state index contributed by atoms with van der Waals surface area (Å²) in [5.74, 6) is 0.0563. The van der Waals surface area contributed by atoms with E-state index in [-0.39, 0.29) is 11.8 Å². The van der Waals surface area contributed by atoms with Crippen molar-refractivity contribution in [3.8, 4) is 5.75 Å². The summed E-state index contributed by atoms with van der Waals surface area (Å²) in [5, 5.41) is 0. The van der Waals surface area contributed by atoms with E-state index in [1.807, 2.05) is 54.3 Å². The van der Waals surface area contributed by atoms with Gasteiger partial charge in [0.1, 0.15) is 11.4 Å². The van der Waals surface area contributed by atoms with E-state index in [9.17, 15) is 9.59 Å².